The Labute approximate surface area is 69.7 Å². The largest absolute Gasteiger partial charge is 0.468 e. The van der Waals surface area contributed by atoms with Crippen molar-refractivity contribution in [3.05, 3.63) is 0 Å². The van der Waals surface area contributed by atoms with Gasteiger partial charge in [-0.25, -0.2) is 0 Å². The molecule has 0 saturated heterocycles. The van der Waals surface area contributed by atoms with Crippen molar-refractivity contribution in [2.24, 2.45) is 5.73 Å². The highest BCUT2D eigenvalue weighted by molar-refractivity contribution is 5.78. The van der Waals surface area contributed by atoms with Crippen molar-refractivity contribution in [2.75, 3.05) is 20.2 Å². The number of rotatable bonds is 5. The van der Waals surface area contributed by atoms with Crippen molar-refractivity contribution >= 4 is 11.9 Å². The molecule has 6 heteroatoms. The van der Waals surface area contributed by atoms with Gasteiger partial charge in [-0.3, -0.25) is 9.59 Å². The van der Waals surface area contributed by atoms with Crippen LogP contribution in [0.3, 0.4) is 0 Å². The molecule has 0 bridgehead atoms. The minimum atomic E-state index is -1.27. The second-order valence-corrected chi connectivity index (χ2v) is 2.13. The Morgan fingerprint density at radius 2 is 2.25 bits per heavy atom. The highest BCUT2D eigenvalue weighted by Crippen LogP contribution is 1.77. The maximum absolute atomic E-state index is 10.5. The molecular formula is C6H12N2O4. The standard InChI is InChI=1S/C6H12N2O4/c1-12-5(10)3-8-2-4(9)6(7)11/h4,8-9H,2-3H2,1H3,(H2,7,11). The van der Waals surface area contributed by atoms with E-state index in [1.165, 1.54) is 7.11 Å². The van der Waals surface area contributed by atoms with Gasteiger partial charge in [0, 0.05) is 6.54 Å². The third kappa shape index (κ3) is 4.64. The Morgan fingerprint density at radius 3 is 2.67 bits per heavy atom. The van der Waals surface area contributed by atoms with Gasteiger partial charge in [0.1, 0.15) is 6.10 Å². The Kier molecular flexibility index (Phi) is 4.98. The smallest absolute Gasteiger partial charge is 0.319 e. The molecule has 0 fully saturated rings. The average Bonchev–Trinajstić information content (AvgIpc) is 2.03. The van der Waals surface area contributed by atoms with E-state index in [9.17, 15) is 9.59 Å². The zero-order valence-electron chi connectivity index (χ0n) is 6.74. The summed E-state index contributed by atoms with van der Waals surface area (Å²) < 4.78 is 4.29. The monoisotopic (exact) mass is 176 g/mol. The molecule has 0 aliphatic rings. The molecule has 0 heterocycles. The highest BCUT2D eigenvalue weighted by Gasteiger charge is 2.10. The number of carbonyl (C=O) groups is 2. The van der Waals surface area contributed by atoms with Crippen LogP contribution in [0, 0.1) is 0 Å². The summed E-state index contributed by atoms with van der Waals surface area (Å²) in [6.45, 7) is -0.106. The number of carbonyl (C=O) groups excluding carboxylic acids is 2. The topological polar surface area (TPSA) is 102 Å². The van der Waals surface area contributed by atoms with Crippen molar-refractivity contribution in [3.8, 4) is 0 Å². The number of aliphatic hydroxyl groups is 1. The fourth-order valence-corrected chi connectivity index (χ4v) is 0.484. The van der Waals surface area contributed by atoms with E-state index in [4.69, 9.17) is 10.8 Å². The van der Waals surface area contributed by atoms with Crippen molar-refractivity contribution < 1.29 is 19.4 Å². The van der Waals surface area contributed by atoms with E-state index in [0.717, 1.165) is 0 Å². The molecule has 1 unspecified atom stereocenters. The quantitative estimate of drug-likeness (QED) is 0.405. The van der Waals surface area contributed by atoms with Gasteiger partial charge < -0.3 is 20.9 Å². The lowest BCUT2D eigenvalue weighted by atomic mass is 10.3. The SMILES string of the molecule is COC(=O)CNCC(O)C(N)=O. The number of esters is 1. The van der Waals surface area contributed by atoms with Crippen LogP contribution in [-0.4, -0.2) is 43.3 Å². The molecule has 6 nitrogen and oxygen atoms in total. The fraction of sp³-hybridized carbons (Fsp3) is 0.667. The predicted octanol–water partition coefficient (Wildman–Crippen LogP) is -2.40. The minimum Gasteiger partial charge on any atom is -0.468 e. The summed E-state index contributed by atoms with van der Waals surface area (Å²) in [4.78, 5) is 20.7. The van der Waals surface area contributed by atoms with Gasteiger partial charge in [-0.15, -0.1) is 0 Å². The number of hydrogen-bond donors (Lipinski definition) is 3. The second-order valence-electron chi connectivity index (χ2n) is 2.13. The minimum absolute atomic E-state index is 0.0512. The lowest BCUT2D eigenvalue weighted by Crippen LogP contribution is -2.39. The van der Waals surface area contributed by atoms with Crippen molar-refractivity contribution in [1.29, 1.82) is 0 Å². The molecule has 0 aliphatic heterocycles. The molecule has 0 aliphatic carbocycles. The number of ether oxygens (including phenoxy) is 1. The van der Waals surface area contributed by atoms with Crippen LogP contribution >= 0.6 is 0 Å². The number of hydrogen-bond acceptors (Lipinski definition) is 5. The normalized spacial score (nSPS) is 12.2. The van der Waals surface area contributed by atoms with Gasteiger partial charge >= 0.3 is 5.97 Å². The van der Waals surface area contributed by atoms with Gasteiger partial charge in [0.25, 0.3) is 0 Å². The molecular weight excluding hydrogens is 164 g/mol. The predicted molar refractivity (Wildman–Crippen MR) is 40.1 cm³/mol. The molecule has 0 spiro atoms. The van der Waals surface area contributed by atoms with Crippen LogP contribution in [0.25, 0.3) is 0 Å². The average molecular weight is 176 g/mol. The van der Waals surface area contributed by atoms with E-state index in [1.807, 2.05) is 0 Å². The van der Waals surface area contributed by atoms with Crippen LogP contribution < -0.4 is 11.1 Å². The Hall–Kier alpha value is -1.14. The number of aliphatic hydroxyl groups excluding tert-OH is 1. The third-order valence-corrected chi connectivity index (χ3v) is 1.16. The van der Waals surface area contributed by atoms with Crippen molar-refractivity contribution in [2.45, 2.75) is 6.10 Å². The van der Waals surface area contributed by atoms with E-state index in [0.29, 0.717) is 0 Å². The molecule has 70 valence electrons. The lowest BCUT2D eigenvalue weighted by Gasteiger charge is -2.06. The Morgan fingerprint density at radius 1 is 1.67 bits per heavy atom. The summed E-state index contributed by atoms with van der Waals surface area (Å²) in [5.74, 6) is -1.29. The molecule has 0 rings (SSSR count). The molecule has 0 aromatic heterocycles. The molecule has 12 heavy (non-hydrogen) atoms. The van der Waals surface area contributed by atoms with Crippen LogP contribution in [0.2, 0.25) is 0 Å². The Bertz CT molecular complexity index is 171. The molecule has 0 saturated carbocycles. The summed E-state index contributed by atoms with van der Waals surface area (Å²) in [5, 5.41) is 11.3. The van der Waals surface area contributed by atoms with Crippen LogP contribution in [0.15, 0.2) is 0 Å². The maximum Gasteiger partial charge on any atom is 0.319 e. The summed E-state index contributed by atoms with van der Waals surface area (Å²) in [6.07, 6.45) is -1.27. The van der Waals surface area contributed by atoms with Crippen LogP contribution in [0.5, 0.6) is 0 Å². The molecule has 1 atom stereocenters. The van der Waals surface area contributed by atoms with E-state index < -0.39 is 18.0 Å². The maximum atomic E-state index is 10.5. The van der Waals surface area contributed by atoms with Gasteiger partial charge in [0.15, 0.2) is 0 Å². The molecule has 1 amide bonds. The molecule has 0 radical (unpaired) electrons. The van der Waals surface area contributed by atoms with Crippen LogP contribution in [-0.2, 0) is 14.3 Å². The Balaban J connectivity index is 3.43. The van der Waals surface area contributed by atoms with E-state index in [1.54, 1.807) is 0 Å². The van der Waals surface area contributed by atoms with Crippen LogP contribution in [0.1, 0.15) is 0 Å². The zero-order chi connectivity index (χ0) is 9.56. The summed E-state index contributed by atoms with van der Waals surface area (Å²) >= 11 is 0. The van der Waals surface area contributed by atoms with Crippen LogP contribution in [0.4, 0.5) is 0 Å². The zero-order valence-corrected chi connectivity index (χ0v) is 6.74. The lowest BCUT2D eigenvalue weighted by molar-refractivity contribution is -0.139. The van der Waals surface area contributed by atoms with Crippen molar-refractivity contribution in [1.82, 2.24) is 5.32 Å². The number of amides is 1. The van der Waals surface area contributed by atoms with Gasteiger partial charge in [-0.1, -0.05) is 0 Å². The first-order valence-corrected chi connectivity index (χ1v) is 3.33. The van der Waals surface area contributed by atoms with E-state index in [-0.39, 0.29) is 13.1 Å². The van der Waals surface area contributed by atoms with Gasteiger partial charge in [0.05, 0.1) is 13.7 Å². The third-order valence-electron chi connectivity index (χ3n) is 1.16. The molecule has 4 N–H and O–H groups in total. The number of methoxy groups -OCH3 is 1. The van der Waals surface area contributed by atoms with Crippen molar-refractivity contribution in [3.63, 3.8) is 0 Å². The molecule has 0 aromatic carbocycles. The first-order valence-electron chi connectivity index (χ1n) is 3.33. The van der Waals surface area contributed by atoms with E-state index in [2.05, 4.69) is 10.1 Å². The van der Waals surface area contributed by atoms with Gasteiger partial charge in [-0.05, 0) is 0 Å². The highest BCUT2D eigenvalue weighted by atomic mass is 16.5. The van der Waals surface area contributed by atoms with E-state index >= 15 is 0 Å². The fourth-order valence-electron chi connectivity index (χ4n) is 0.484. The number of nitrogens with two attached hydrogens (primary N) is 1. The first kappa shape index (κ1) is 10.9. The summed E-state index contributed by atoms with van der Waals surface area (Å²) in [6, 6.07) is 0. The summed E-state index contributed by atoms with van der Waals surface area (Å²) in [7, 11) is 1.24. The second kappa shape index (κ2) is 5.50. The number of nitrogens with one attached hydrogen (secondary N) is 1. The molecule has 0 aromatic rings. The van der Waals surface area contributed by atoms with Gasteiger partial charge in [0.2, 0.25) is 5.91 Å². The summed E-state index contributed by atoms with van der Waals surface area (Å²) in [5.41, 5.74) is 4.74. The number of primary amides is 1. The first-order chi connectivity index (χ1) is 5.57. The van der Waals surface area contributed by atoms with Gasteiger partial charge in [-0.2, -0.15) is 0 Å².